The molecule has 0 amide bonds. The molecule has 1 aromatic rings. The van der Waals surface area contributed by atoms with E-state index in [1.165, 1.54) is 38.5 Å². The van der Waals surface area contributed by atoms with Gasteiger partial charge in [0, 0.05) is 26.7 Å². The molecule has 0 radical (unpaired) electrons. The zero-order chi connectivity index (χ0) is 17.7. The molecule has 1 aliphatic heterocycles. The molecule has 0 aromatic carbocycles. The van der Waals surface area contributed by atoms with E-state index in [1.807, 2.05) is 20.9 Å². The fourth-order valence-corrected chi connectivity index (χ4v) is 4.14. The average Bonchev–Trinajstić information content (AvgIpc) is 3.25. The predicted molar refractivity (Wildman–Crippen MR) is 112 cm³/mol. The van der Waals surface area contributed by atoms with Gasteiger partial charge in [0.15, 0.2) is 11.8 Å². The number of likely N-dealkylation sites (tertiary alicyclic amines) is 1. The Morgan fingerprint density at radius 1 is 1.35 bits per heavy atom. The van der Waals surface area contributed by atoms with Gasteiger partial charge >= 0.3 is 0 Å². The summed E-state index contributed by atoms with van der Waals surface area (Å²) < 4.78 is 10.8. The number of hydrogen-bond donors (Lipinski definition) is 1. The van der Waals surface area contributed by atoms with Gasteiger partial charge in [-0.15, -0.1) is 24.0 Å². The summed E-state index contributed by atoms with van der Waals surface area (Å²) in [5.74, 6) is 2.09. The summed E-state index contributed by atoms with van der Waals surface area (Å²) in [6, 6.07) is 0. The van der Waals surface area contributed by atoms with Crippen molar-refractivity contribution < 1.29 is 9.26 Å². The molecule has 1 aromatic heterocycles. The van der Waals surface area contributed by atoms with E-state index in [-0.39, 0.29) is 30.1 Å². The Labute approximate surface area is 173 Å². The number of halogens is 1. The lowest BCUT2D eigenvalue weighted by Gasteiger charge is -2.33. The quantitative estimate of drug-likeness (QED) is 0.398. The summed E-state index contributed by atoms with van der Waals surface area (Å²) in [5.41, 5.74) is 0.514. The lowest BCUT2D eigenvalue weighted by molar-refractivity contribution is 0.0683. The molecule has 1 aliphatic carbocycles. The maximum Gasteiger partial charge on any atom is 0.246 e. The van der Waals surface area contributed by atoms with Gasteiger partial charge in [-0.3, -0.25) is 4.99 Å². The Balaban J connectivity index is 0.00000243. The molecule has 1 atom stereocenters. The normalized spacial score (nSPS) is 20.9. The van der Waals surface area contributed by atoms with Crippen molar-refractivity contribution in [3.05, 3.63) is 11.7 Å². The number of ether oxygens (including phenoxy) is 1. The topological polar surface area (TPSA) is 75.8 Å². The first-order valence-electron chi connectivity index (χ1n) is 9.55. The van der Waals surface area contributed by atoms with Crippen LogP contribution in [0.15, 0.2) is 9.52 Å². The van der Waals surface area contributed by atoms with Crippen LogP contribution in [0.2, 0.25) is 0 Å². The van der Waals surface area contributed by atoms with Crippen molar-refractivity contribution in [3.63, 3.8) is 0 Å². The fraction of sp³-hybridized carbons (Fsp3) is 0.833. The van der Waals surface area contributed by atoms with Gasteiger partial charge in [-0.05, 0) is 38.5 Å². The number of aromatic nitrogens is 2. The highest BCUT2D eigenvalue weighted by Crippen LogP contribution is 2.43. The number of guanidine groups is 1. The van der Waals surface area contributed by atoms with E-state index in [2.05, 4.69) is 25.3 Å². The molecule has 1 spiro atoms. The number of hydrogen-bond acceptors (Lipinski definition) is 5. The highest BCUT2D eigenvalue weighted by atomic mass is 127. The minimum Gasteiger partial charge on any atom is -0.371 e. The third kappa shape index (κ3) is 5.09. The van der Waals surface area contributed by atoms with Crippen LogP contribution in [0.5, 0.6) is 0 Å². The van der Waals surface area contributed by atoms with Gasteiger partial charge in [-0.2, -0.15) is 4.98 Å². The maximum atomic E-state index is 5.50. The van der Waals surface area contributed by atoms with Crippen LogP contribution >= 0.6 is 24.0 Å². The lowest BCUT2D eigenvalue weighted by atomic mass is 9.73. The van der Waals surface area contributed by atoms with Crippen molar-refractivity contribution in [1.82, 2.24) is 20.4 Å². The molecular weight excluding hydrogens is 445 g/mol. The Bertz CT molecular complexity index is 586. The number of nitrogens with zero attached hydrogens (tertiary/aromatic N) is 4. The third-order valence-electron chi connectivity index (χ3n) is 5.53. The van der Waals surface area contributed by atoms with E-state index in [1.54, 1.807) is 0 Å². The van der Waals surface area contributed by atoms with Gasteiger partial charge in [0.05, 0.1) is 6.54 Å². The van der Waals surface area contributed by atoms with Crippen molar-refractivity contribution in [2.24, 2.45) is 10.4 Å². The molecule has 2 fully saturated rings. The fourth-order valence-electron chi connectivity index (χ4n) is 4.14. The minimum absolute atomic E-state index is 0. The Hall–Kier alpha value is -0.900. The van der Waals surface area contributed by atoms with Crippen LogP contribution in [0.4, 0.5) is 0 Å². The van der Waals surface area contributed by atoms with Crippen molar-refractivity contribution in [3.8, 4) is 0 Å². The second kappa shape index (κ2) is 9.87. The summed E-state index contributed by atoms with van der Waals surface area (Å²) in [4.78, 5) is 11.2. The number of rotatable bonds is 5. The molecule has 1 saturated carbocycles. The van der Waals surface area contributed by atoms with E-state index in [0.717, 1.165) is 19.0 Å². The van der Waals surface area contributed by atoms with E-state index < -0.39 is 0 Å². The van der Waals surface area contributed by atoms with Gasteiger partial charge < -0.3 is 19.5 Å². The average molecular weight is 477 g/mol. The molecule has 0 bridgehead atoms. The van der Waals surface area contributed by atoms with Gasteiger partial charge in [-0.25, -0.2) is 0 Å². The maximum absolute atomic E-state index is 5.50. The molecule has 26 heavy (non-hydrogen) atoms. The first-order valence-corrected chi connectivity index (χ1v) is 9.55. The van der Waals surface area contributed by atoms with Gasteiger partial charge in [0.25, 0.3) is 0 Å². The van der Waals surface area contributed by atoms with Crippen molar-refractivity contribution >= 4 is 29.9 Å². The minimum atomic E-state index is -0.147. The zero-order valence-corrected chi connectivity index (χ0v) is 18.5. The molecule has 7 nitrogen and oxygen atoms in total. The molecule has 148 valence electrons. The summed E-state index contributed by atoms with van der Waals surface area (Å²) in [6.45, 7) is 7.20. The van der Waals surface area contributed by atoms with Gasteiger partial charge in [-0.1, -0.05) is 24.4 Å². The van der Waals surface area contributed by atoms with E-state index in [9.17, 15) is 0 Å². The number of nitrogens with one attached hydrogen (secondary N) is 1. The first-order chi connectivity index (χ1) is 12.2. The van der Waals surface area contributed by atoms with Crippen LogP contribution in [0.1, 0.15) is 70.2 Å². The molecular formula is C18H32IN5O2. The SMILES string of the molecule is CCOC(C)c1noc(CNC(=NC)N2CCC3(CCCCC3)C2)n1.I. The van der Waals surface area contributed by atoms with Crippen LogP contribution in [0.25, 0.3) is 0 Å². The third-order valence-corrected chi connectivity index (χ3v) is 5.53. The molecule has 1 N–H and O–H groups in total. The molecule has 2 heterocycles. The Morgan fingerprint density at radius 2 is 2.12 bits per heavy atom. The van der Waals surface area contributed by atoms with E-state index in [4.69, 9.17) is 9.26 Å². The van der Waals surface area contributed by atoms with Crippen molar-refractivity contribution in [2.75, 3.05) is 26.7 Å². The Kier molecular flexibility index (Phi) is 8.12. The number of aliphatic imine (C=N–C) groups is 1. The molecule has 1 saturated heterocycles. The lowest BCUT2D eigenvalue weighted by Crippen LogP contribution is -2.41. The zero-order valence-electron chi connectivity index (χ0n) is 16.2. The summed E-state index contributed by atoms with van der Waals surface area (Å²) >= 11 is 0. The second-order valence-corrected chi connectivity index (χ2v) is 7.28. The summed E-state index contributed by atoms with van der Waals surface area (Å²) in [6.07, 6.45) is 8.02. The van der Waals surface area contributed by atoms with Gasteiger partial charge in [0.1, 0.15) is 6.10 Å². The van der Waals surface area contributed by atoms with Crippen LogP contribution in [-0.4, -0.2) is 47.7 Å². The van der Waals surface area contributed by atoms with Crippen LogP contribution in [-0.2, 0) is 11.3 Å². The van der Waals surface area contributed by atoms with Crippen LogP contribution in [0.3, 0.4) is 0 Å². The van der Waals surface area contributed by atoms with Crippen LogP contribution in [0, 0.1) is 5.41 Å². The van der Waals surface area contributed by atoms with Crippen molar-refractivity contribution in [2.45, 2.75) is 65.0 Å². The van der Waals surface area contributed by atoms with Crippen LogP contribution < -0.4 is 5.32 Å². The Morgan fingerprint density at radius 3 is 2.81 bits per heavy atom. The van der Waals surface area contributed by atoms with E-state index >= 15 is 0 Å². The molecule has 3 rings (SSSR count). The highest BCUT2D eigenvalue weighted by Gasteiger charge is 2.39. The first kappa shape index (κ1) is 21.4. The molecule has 8 heteroatoms. The van der Waals surface area contributed by atoms with Crippen molar-refractivity contribution in [1.29, 1.82) is 0 Å². The highest BCUT2D eigenvalue weighted by molar-refractivity contribution is 14.0. The molecule has 2 aliphatic rings. The summed E-state index contributed by atoms with van der Waals surface area (Å²) in [7, 11) is 1.84. The second-order valence-electron chi connectivity index (χ2n) is 7.28. The smallest absolute Gasteiger partial charge is 0.246 e. The predicted octanol–water partition coefficient (Wildman–Crippen LogP) is 3.52. The van der Waals surface area contributed by atoms with Gasteiger partial charge in [0.2, 0.25) is 5.89 Å². The monoisotopic (exact) mass is 477 g/mol. The standard InChI is InChI=1S/C18H31N5O2.HI/c1-4-24-14(2)16-21-15(25-22-16)12-20-17(19-3)23-11-10-18(13-23)8-6-5-7-9-18;/h14H,4-13H2,1-3H3,(H,19,20);1H. The molecule has 1 unspecified atom stereocenters. The largest absolute Gasteiger partial charge is 0.371 e. The summed E-state index contributed by atoms with van der Waals surface area (Å²) in [5, 5.41) is 7.37. The van der Waals surface area contributed by atoms with E-state index in [0.29, 0.717) is 30.3 Å².